The largest absolute Gasteiger partial charge is 0.333 e. The topological polar surface area (TPSA) is 48.6 Å². The lowest BCUT2D eigenvalue weighted by Gasteiger charge is -1.97. The van der Waals surface area contributed by atoms with E-state index in [1.54, 1.807) is 11.8 Å². The minimum absolute atomic E-state index is 0.0662. The SMILES string of the molecule is [O]CCCCCCSc1nc2ccccc2[nH]1. The molecule has 2 aromatic rings. The third kappa shape index (κ3) is 3.75. The summed E-state index contributed by atoms with van der Waals surface area (Å²) in [5.74, 6) is 1.07. The Morgan fingerprint density at radius 3 is 2.76 bits per heavy atom. The number of rotatable bonds is 7. The number of aromatic nitrogens is 2. The standard InChI is InChI=1S/C13H17N2OS/c16-9-5-1-2-6-10-17-13-14-11-7-3-4-8-12(11)15-13/h3-4,7-8H,1-2,5-6,9-10H2,(H,14,15). The van der Waals surface area contributed by atoms with Gasteiger partial charge >= 0.3 is 0 Å². The Kier molecular flexibility index (Phi) is 4.88. The van der Waals surface area contributed by atoms with Gasteiger partial charge in [-0.05, 0) is 25.0 Å². The molecule has 0 atom stereocenters. The van der Waals surface area contributed by atoms with Crippen molar-refractivity contribution in [3.8, 4) is 0 Å². The molecule has 0 saturated carbocycles. The fraction of sp³-hybridized carbons (Fsp3) is 0.462. The van der Waals surface area contributed by atoms with Gasteiger partial charge in [0.25, 0.3) is 0 Å². The van der Waals surface area contributed by atoms with E-state index in [1.807, 2.05) is 24.3 Å². The van der Waals surface area contributed by atoms with Crippen molar-refractivity contribution in [2.75, 3.05) is 12.4 Å². The molecule has 3 nitrogen and oxygen atoms in total. The summed E-state index contributed by atoms with van der Waals surface area (Å²) in [6.07, 6.45) is 4.18. The number of thioether (sulfide) groups is 1. The average molecular weight is 249 g/mol. The molecule has 0 aliphatic rings. The summed E-state index contributed by atoms with van der Waals surface area (Å²) in [5.41, 5.74) is 2.13. The Bertz CT molecular complexity index is 422. The molecule has 91 valence electrons. The molecule has 0 fully saturated rings. The van der Waals surface area contributed by atoms with E-state index in [2.05, 4.69) is 9.97 Å². The number of unbranched alkanes of at least 4 members (excludes halogenated alkanes) is 3. The van der Waals surface area contributed by atoms with E-state index < -0.39 is 0 Å². The second-order valence-corrected chi connectivity index (χ2v) is 5.11. The zero-order valence-corrected chi connectivity index (χ0v) is 10.6. The highest BCUT2D eigenvalue weighted by Gasteiger charge is 2.01. The Balaban J connectivity index is 1.75. The van der Waals surface area contributed by atoms with Crippen LogP contribution in [0.25, 0.3) is 11.0 Å². The number of hydrogen-bond donors (Lipinski definition) is 1. The van der Waals surface area contributed by atoms with Crippen molar-refractivity contribution in [1.82, 2.24) is 9.97 Å². The Morgan fingerprint density at radius 1 is 1.12 bits per heavy atom. The Hall–Kier alpha value is -1.00. The minimum atomic E-state index is 0.0662. The molecule has 2 rings (SSSR count). The quantitative estimate of drug-likeness (QED) is 0.601. The molecule has 1 radical (unpaired) electrons. The second kappa shape index (κ2) is 6.67. The van der Waals surface area contributed by atoms with Crippen LogP contribution in [0.5, 0.6) is 0 Å². The van der Waals surface area contributed by atoms with Gasteiger partial charge in [-0.1, -0.05) is 36.7 Å². The van der Waals surface area contributed by atoms with Gasteiger partial charge in [0.05, 0.1) is 17.6 Å². The molecule has 1 aromatic heterocycles. The number of benzene rings is 1. The predicted molar refractivity (Wildman–Crippen MR) is 70.8 cm³/mol. The molecule has 4 heteroatoms. The van der Waals surface area contributed by atoms with Gasteiger partial charge < -0.3 is 4.98 Å². The number of aromatic amines is 1. The van der Waals surface area contributed by atoms with Crippen LogP contribution in [0.4, 0.5) is 0 Å². The Labute approximate surface area is 106 Å². The van der Waals surface area contributed by atoms with Gasteiger partial charge in [0.2, 0.25) is 0 Å². The highest BCUT2D eigenvalue weighted by molar-refractivity contribution is 7.99. The molecule has 0 saturated heterocycles. The zero-order valence-electron chi connectivity index (χ0n) is 9.82. The van der Waals surface area contributed by atoms with Crippen molar-refractivity contribution in [2.45, 2.75) is 30.8 Å². The molecule has 0 unspecified atom stereocenters. The molecule has 0 amide bonds. The molecule has 0 spiro atoms. The van der Waals surface area contributed by atoms with Gasteiger partial charge in [0.15, 0.2) is 5.16 Å². The molecule has 0 aliphatic carbocycles. The van der Waals surface area contributed by atoms with E-state index in [-0.39, 0.29) is 6.61 Å². The van der Waals surface area contributed by atoms with E-state index in [4.69, 9.17) is 0 Å². The van der Waals surface area contributed by atoms with Crippen LogP contribution in [0, 0.1) is 0 Å². The third-order valence-corrected chi connectivity index (χ3v) is 3.60. The number of hydrogen-bond acceptors (Lipinski definition) is 2. The number of imidazole rings is 1. The van der Waals surface area contributed by atoms with Crippen molar-refractivity contribution in [3.05, 3.63) is 24.3 Å². The van der Waals surface area contributed by atoms with Crippen LogP contribution in [-0.2, 0) is 5.11 Å². The zero-order chi connectivity index (χ0) is 11.9. The molecule has 17 heavy (non-hydrogen) atoms. The third-order valence-electron chi connectivity index (χ3n) is 2.65. The summed E-state index contributed by atoms with van der Waals surface area (Å²) in [4.78, 5) is 7.80. The molecular formula is C13H17N2OS. The summed E-state index contributed by atoms with van der Waals surface area (Å²) in [6.45, 7) is 0.0662. The maximum absolute atomic E-state index is 10.3. The first kappa shape index (κ1) is 12.5. The van der Waals surface area contributed by atoms with Crippen LogP contribution < -0.4 is 0 Å². The second-order valence-electron chi connectivity index (χ2n) is 4.03. The van der Waals surface area contributed by atoms with Crippen LogP contribution in [0.2, 0.25) is 0 Å². The lowest BCUT2D eigenvalue weighted by molar-refractivity contribution is 0.186. The van der Waals surface area contributed by atoms with Crippen LogP contribution in [0.3, 0.4) is 0 Å². The summed E-state index contributed by atoms with van der Waals surface area (Å²) in [5, 5.41) is 11.3. The highest BCUT2D eigenvalue weighted by atomic mass is 32.2. The van der Waals surface area contributed by atoms with Crippen LogP contribution in [0.1, 0.15) is 25.7 Å². The number of para-hydroxylation sites is 2. The number of fused-ring (bicyclic) bond motifs is 1. The number of nitrogens with zero attached hydrogens (tertiary/aromatic N) is 1. The van der Waals surface area contributed by atoms with Crippen molar-refractivity contribution in [1.29, 1.82) is 0 Å². The minimum Gasteiger partial charge on any atom is -0.333 e. The molecule has 0 bridgehead atoms. The van der Waals surface area contributed by atoms with E-state index in [9.17, 15) is 5.11 Å². The summed E-state index contributed by atoms with van der Waals surface area (Å²) < 4.78 is 0. The summed E-state index contributed by atoms with van der Waals surface area (Å²) >= 11 is 1.76. The van der Waals surface area contributed by atoms with E-state index >= 15 is 0 Å². The van der Waals surface area contributed by atoms with Crippen LogP contribution in [-0.4, -0.2) is 22.3 Å². The first-order chi connectivity index (χ1) is 8.40. The predicted octanol–water partition coefficient (Wildman–Crippen LogP) is 3.65. The van der Waals surface area contributed by atoms with Gasteiger partial charge in [-0.25, -0.2) is 10.1 Å². The van der Waals surface area contributed by atoms with Crippen LogP contribution >= 0.6 is 11.8 Å². The molecule has 1 N–H and O–H groups in total. The maximum atomic E-state index is 10.3. The van der Waals surface area contributed by atoms with E-state index in [1.165, 1.54) is 0 Å². The van der Waals surface area contributed by atoms with Crippen molar-refractivity contribution < 1.29 is 5.11 Å². The fourth-order valence-corrected chi connectivity index (χ4v) is 2.61. The van der Waals surface area contributed by atoms with Crippen LogP contribution in [0.15, 0.2) is 29.4 Å². The first-order valence-corrected chi connectivity index (χ1v) is 7.04. The summed E-state index contributed by atoms with van der Waals surface area (Å²) in [6, 6.07) is 8.07. The molecule has 0 aliphatic heterocycles. The smallest absolute Gasteiger partial charge is 0.166 e. The number of nitrogens with one attached hydrogen (secondary N) is 1. The van der Waals surface area contributed by atoms with E-state index in [0.717, 1.165) is 47.6 Å². The highest BCUT2D eigenvalue weighted by Crippen LogP contribution is 2.20. The van der Waals surface area contributed by atoms with Crippen molar-refractivity contribution >= 4 is 22.8 Å². The normalized spacial score (nSPS) is 11.1. The van der Waals surface area contributed by atoms with Gasteiger partial charge in [-0.15, -0.1) is 0 Å². The monoisotopic (exact) mass is 249 g/mol. The maximum Gasteiger partial charge on any atom is 0.166 e. The fourth-order valence-electron chi connectivity index (χ4n) is 1.72. The lowest BCUT2D eigenvalue weighted by atomic mass is 10.2. The number of H-pyrrole nitrogens is 1. The first-order valence-electron chi connectivity index (χ1n) is 6.06. The molecule has 1 aromatic carbocycles. The van der Waals surface area contributed by atoms with E-state index in [0.29, 0.717) is 0 Å². The van der Waals surface area contributed by atoms with Gasteiger partial charge in [-0.3, -0.25) is 0 Å². The Morgan fingerprint density at radius 2 is 1.94 bits per heavy atom. The average Bonchev–Trinajstić information content (AvgIpc) is 2.76. The van der Waals surface area contributed by atoms with Gasteiger partial charge in [-0.2, -0.15) is 0 Å². The van der Waals surface area contributed by atoms with Gasteiger partial charge in [0.1, 0.15) is 0 Å². The van der Waals surface area contributed by atoms with Crippen molar-refractivity contribution in [3.63, 3.8) is 0 Å². The lowest BCUT2D eigenvalue weighted by Crippen LogP contribution is -1.85. The summed E-state index contributed by atoms with van der Waals surface area (Å²) in [7, 11) is 0. The van der Waals surface area contributed by atoms with Gasteiger partial charge in [0, 0.05) is 5.75 Å². The molecular weight excluding hydrogens is 232 g/mol. The van der Waals surface area contributed by atoms with Crippen molar-refractivity contribution in [2.24, 2.45) is 0 Å². The molecule has 1 heterocycles.